The maximum Gasteiger partial charge on any atom is 0.161 e. The molecule has 0 bridgehead atoms. The monoisotopic (exact) mass is 288 g/mol. The molecule has 3 rings (SSSR count). The lowest BCUT2D eigenvalue weighted by Crippen LogP contribution is -1.96. The van der Waals surface area contributed by atoms with Crippen molar-refractivity contribution in [3.63, 3.8) is 0 Å². The van der Waals surface area contributed by atoms with Crippen molar-refractivity contribution < 1.29 is 0 Å². The Hall–Kier alpha value is -1.45. The van der Waals surface area contributed by atoms with Crippen molar-refractivity contribution in [2.24, 2.45) is 0 Å². The summed E-state index contributed by atoms with van der Waals surface area (Å²) in [6, 6.07) is 7.71. The first kappa shape index (κ1) is 12.6. The molecule has 2 aromatic heterocycles. The molecule has 4 heteroatoms. The molecular formula is C15H13ClN2S. The lowest BCUT2D eigenvalue weighted by Gasteiger charge is -2.06. The van der Waals surface area contributed by atoms with Crippen molar-refractivity contribution in [3.05, 3.63) is 45.9 Å². The summed E-state index contributed by atoms with van der Waals surface area (Å²) in [6.07, 6.45) is 0.899. The fraction of sp³-hybridized carbons (Fsp3) is 0.200. The fourth-order valence-corrected chi connectivity index (χ4v) is 3.36. The molecule has 0 saturated heterocycles. The molecule has 0 aliphatic rings. The van der Waals surface area contributed by atoms with E-state index in [1.807, 2.05) is 24.3 Å². The van der Waals surface area contributed by atoms with Gasteiger partial charge < -0.3 is 0 Å². The quantitative estimate of drug-likeness (QED) is 0.671. The molecule has 0 amide bonds. The number of hydrogen-bond donors (Lipinski definition) is 0. The highest BCUT2D eigenvalue weighted by atomic mass is 35.5. The molecule has 1 aromatic carbocycles. The third-order valence-electron chi connectivity index (χ3n) is 3.11. The van der Waals surface area contributed by atoms with E-state index >= 15 is 0 Å². The van der Waals surface area contributed by atoms with E-state index in [9.17, 15) is 0 Å². The molecule has 0 N–H and O–H groups in total. The summed E-state index contributed by atoms with van der Waals surface area (Å²) < 4.78 is 1.19. The summed E-state index contributed by atoms with van der Waals surface area (Å²) in [4.78, 5) is 9.37. The van der Waals surface area contributed by atoms with Gasteiger partial charge in [-0.25, -0.2) is 9.97 Å². The van der Waals surface area contributed by atoms with Crippen molar-refractivity contribution in [2.45, 2.75) is 20.3 Å². The van der Waals surface area contributed by atoms with Gasteiger partial charge in [0.1, 0.15) is 0 Å². The molecule has 0 aliphatic carbocycles. The van der Waals surface area contributed by atoms with Crippen LogP contribution in [0.4, 0.5) is 0 Å². The molecule has 0 fully saturated rings. The molecule has 0 atom stereocenters. The average Bonchev–Trinajstić information content (AvgIpc) is 2.80. The molecular weight excluding hydrogens is 276 g/mol. The number of thiophene rings is 1. The Balaban J connectivity index is 2.30. The Kier molecular flexibility index (Phi) is 3.25. The van der Waals surface area contributed by atoms with E-state index in [4.69, 9.17) is 11.6 Å². The predicted octanol–water partition coefficient (Wildman–Crippen LogP) is 4.88. The number of aromatic nitrogens is 2. The van der Waals surface area contributed by atoms with Gasteiger partial charge in [0.05, 0.1) is 20.9 Å². The predicted molar refractivity (Wildman–Crippen MR) is 82.0 cm³/mol. The summed E-state index contributed by atoms with van der Waals surface area (Å²) in [5.41, 5.74) is 4.24. The fourth-order valence-electron chi connectivity index (χ4n) is 2.09. The molecule has 3 aromatic rings. The van der Waals surface area contributed by atoms with Crippen molar-refractivity contribution in [3.8, 4) is 11.4 Å². The first-order valence-electron chi connectivity index (χ1n) is 6.20. The van der Waals surface area contributed by atoms with Crippen LogP contribution >= 0.6 is 22.9 Å². The summed E-state index contributed by atoms with van der Waals surface area (Å²) in [5.74, 6) is 0.719. The number of hydrogen-bond acceptors (Lipinski definition) is 3. The average molecular weight is 289 g/mol. The minimum atomic E-state index is 0.691. The van der Waals surface area contributed by atoms with Crippen molar-refractivity contribution >= 4 is 33.2 Å². The second-order valence-corrected chi connectivity index (χ2v) is 5.71. The first-order valence-corrected chi connectivity index (χ1v) is 7.46. The maximum absolute atomic E-state index is 6.24. The van der Waals surface area contributed by atoms with E-state index < -0.39 is 0 Å². The zero-order valence-electron chi connectivity index (χ0n) is 10.8. The minimum Gasteiger partial charge on any atom is -0.232 e. The van der Waals surface area contributed by atoms with Crippen LogP contribution in [0.3, 0.4) is 0 Å². The van der Waals surface area contributed by atoms with Gasteiger partial charge in [0.2, 0.25) is 0 Å². The molecule has 0 aliphatic heterocycles. The van der Waals surface area contributed by atoms with Crippen LogP contribution in [0.25, 0.3) is 21.6 Å². The van der Waals surface area contributed by atoms with Gasteiger partial charge in [-0.1, -0.05) is 30.7 Å². The van der Waals surface area contributed by atoms with Gasteiger partial charge in [0.25, 0.3) is 0 Å². The third kappa shape index (κ3) is 2.13. The van der Waals surface area contributed by atoms with Crippen LogP contribution in [0.15, 0.2) is 29.6 Å². The standard InChI is InChI=1S/C15H13ClN2S/c1-3-12-14-13(9(2)8-19-14)18-15(17-12)10-6-4-5-7-11(10)16/h4-8H,3H2,1-2H3. The Labute approximate surface area is 121 Å². The van der Waals surface area contributed by atoms with Crippen molar-refractivity contribution in [1.29, 1.82) is 0 Å². The van der Waals surface area contributed by atoms with Crippen LogP contribution < -0.4 is 0 Å². The molecule has 2 heterocycles. The zero-order valence-corrected chi connectivity index (χ0v) is 12.3. The summed E-state index contributed by atoms with van der Waals surface area (Å²) in [5, 5.41) is 2.83. The second kappa shape index (κ2) is 4.91. The van der Waals surface area contributed by atoms with Crippen LogP contribution in [-0.4, -0.2) is 9.97 Å². The van der Waals surface area contributed by atoms with Crippen LogP contribution in [-0.2, 0) is 6.42 Å². The number of fused-ring (bicyclic) bond motifs is 1. The number of benzene rings is 1. The Morgan fingerprint density at radius 3 is 2.74 bits per heavy atom. The molecule has 0 saturated carbocycles. The number of halogens is 1. The normalized spacial score (nSPS) is 11.1. The van der Waals surface area contributed by atoms with Gasteiger partial charge in [0.15, 0.2) is 5.82 Å². The highest BCUT2D eigenvalue weighted by Gasteiger charge is 2.13. The third-order valence-corrected chi connectivity index (χ3v) is 4.58. The van der Waals surface area contributed by atoms with E-state index in [2.05, 4.69) is 29.2 Å². The highest BCUT2D eigenvalue weighted by Crippen LogP contribution is 2.31. The number of aryl methyl sites for hydroxylation is 2. The molecule has 96 valence electrons. The Morgan fingerprint density at radius 1 is 1.21 bits per heavy atom. The van der Waals surface area contributed by atoms with E-state index in [-0.39, 0.29) is 0 Å². The SMILES string of the molecule is CCc1nc(-c2ccccc2Cl)nc2c(C)csc12. The number of nitrogens with zero attached hydrogens (tertiary/aromatic N) is 2. The molecule has 0 unspecified atom stereocenters. The van der Waals surface area contributed by atoms with E-state index in [1.165, 1.54) is 10.3 Å². The summed E-state index contributed by atoms with van der Waals surface area (Å²) >= 11 is 7.96. The maximum atomic E-state index is 6.24. The highest BCUT2D eigenvalue weighted by molar-refractivity contribution is 7.17. The molecule has 19 heavy (non-hydrogen) atoms. The minimum absolute atomic E-state index is 0.691. The van der Waals surface area contributed by atoms with E-state index in [1.54, 1.807) is 11.3 Å². The Bertz CT molecular complexity index is 749. The van der Waals surface area contributed by atoms with Crippen LogP contribution in [0, 0.1) is 6.92 Å². The second-order valence-electron chi connectivity index (χ2n) is 4.42. The Morgan fingerprint density at radius 2 is 2.00 bits per heavy atom. The van der Waals surface area contributed by atoms with Crippen molar-refractivity contribution in [2.75, 3.05) is 0 Å². The van der Waals surface area contributed by atoms with Crippen molar-refractivity contribution in [1.82, 2.24) is 9.97 Å². The van der Waals surface area contributed by atoms with Crippen LogP contribution in [0.1, 0.15) is 18.2 Å². The summed E-state index contributed by atoms with van der Waals surface area (Å²) in [6.45, 7) is 4.20. The van der Waals surface area contributed by atoms with Gasteiger partial charge in [-0.3, -0.25) is 0 Å². The molecule has 2 nitrogen and oxygen atoms in total. The van der Waals surface area contributed by atoms with E-state index in [0.29, 0.717) is 5.02 Å². The van der Waals surface area contributed by atoms with Crippen LogP contribution in [0.2, 0.25) is 5.02 Å². The zero-order chi connectivity index (χ0) is 13.4. The van der Waals surface area contributed by atoms with E-state index in [0.717, 1.165) is 29.0 Å². The largest absolute Gasteiger partial charge is 0.232 e. The topological polar surface area (TPSA) is 25.8 Å². The summed E-state index contributed by atoms with van der Waals surface area (Å²) in [7, 11) is 0. The van der Waals surface area contributed by atoms with Crippen LogP contribution in [0.5, 0.6) is 0 Å². The molecule has 0 radical (unpaired) electrons. The van der Waals surface area contributed by atoms with Gasteiger partial charge in [-0.2, -0.15) is 0 Å². The van der Waals surface area contributed by atoms with Gasteiger partial charge in [-0.05, 0) is 36.4 Å². The first-order chi connectivity index (χ1) is 9.20. The lowest BCUT2D eigenvalue weighted by atomic mass is 10.2. The molecule has 0 spiro atoms. The van der Waals surface area contributed by atoms with Gasteiger partial charge in [0, 0.05) is 5.56 Å². The lowest BCUT2D eigenvalue weighted by molar-refractivity contribution is 1.04. The van der Waals surface area contributed by atoms with Gasteiger partial charge >= 0.3 is 0 Å². The smallest absolute Gasteiger partial charge is 0.161 e. The van der Waals surface area contributed by atoms with Gasteiger partial charge in [-0.15, -0.1) is 11.3 Å². The number of rotatable bonds is 2.